The molecule has 1 saturated heterocycles. The molecule has 0 spiro atoms. The maximum Gasteiger partial charge on any atom is 0.459 e. The zero-order valence-electron chi connectivity index (χ0n) is 21.6. The first-order valence-electron chi connectivity index (χ1n) is 11.9. The molecule has 0 bridgehead atoms. The van der Waals surface area contributed by atoms with E-state index in [1.807, 2.05) is 0 Å². The molecule has 0 amide bonds. The SMILES string of the molecule is CC(C)OC(=O)[C@H](C)N[P@@](=O)(Oc1ccccc1)O[C@H](C)[C@H]1O[C@@H](n2cc(F)c(N)nc2=O)[C@@](O)(CF)C1O. The predicted octanol–water partition coefficient (Wildman–Crippen LogP) is 1.45. The predicted molar refractivity (Wildman–Crippen MR) is 133 cm³/mol. The van der Waals surface area contributed by atoms with E-state index >= 15 is 0 Å². The number of rotatable bonds is 11. The van der Waals surface area contributed by atoms with Crippen LogP contribution in [0.4, 0.5) is 14.6 Å². The van der Waals surface area contributed by atoms with Crippen molar-refractivity contribution in [1.82, 2.24) is 14.6 Å². The van der Waals surface area contributed by atoms with Gasteiger partial charge in [-0.15, -0.1) is 0 Å². The third kappa shape index (κ3) is 6.80. The summed E-state index contributed by atoms with van der Waals surface area (Å²) < 4.78 is 64.2. The Kier molecular flexibility index (Phi) is 9.47. The molecule has 1 aromatic carbocycles. The summed E-state index contributed by atoms with van der Waals surface area (Å²) in [7, 11) is -4.47. The monoisotopic (exact) mass is 576 g/mol. The number of esters is 1. The number of carbonyl (C=O) groups is 1. The molecule has 0 radical (unpaired) electrons. The van der Waals surface area contributed by atoms with Crippen LogP contribution in [0.1, 0.15) is 33.9 Å². The van der Waals surface area contributed by atoms with Crippen LogP contribution in [0.15, 0.2) is 41.3 Å². The second-order valence-electron chi connectivity index (χ2n) is 9.24. The largest absolute Gasteiger partial charge is 0.462 e. The average molecular weight is 576 g/mol. The number of anilines is 1. The van der Waals surface area contributed by atoms with E-state index in [-0.39, 0.29) is 5.75 Å². The highest BCUT2D eigenvalue weighted by Crippen LogP contribution is 2.49. The Morgan fingerprint density at radius 1 is 1.31 bits per heavy atom. The third-order valence-electron chi connectivity index (χ3n) is 5.73. The van der Waals surface area contributed by atoms with Crippen molar-refractivity contribution < 1.29 is 46.9 Å². The number of alkyl halides is 1. The first-order valence-corrected chi connectivity index (χ1v) is 13.4. The molecular weight excluding hydrogens is 545 g/mol. The van der Waals surface area contributed by atoms with Gasteiger partial charge >= 0.3 is 19.4 Å². The highest BCUT2D eigenvalue weighted by Gasteiger charge is 2.59. The number of aliphatic hydroxyl groups is 2. The summed E-state index contributed by atoms with van der Waals surface area (Å²) in [5, 5.41) is 24.2. The molecule has 1 unspecified atom stereocenters. The average Bonchev–Trinajstić information content (AvgIpc) is 3.12. The van der Waals surface area contributed by atoms with Crippen molar-refractivity contribution in [3.8, 4) is 5.75 Å². The fraction of sp³-hybridized carbons (Fsp3) is 0.522. The molecule has 216 valence electrons. The van der Waals surface area contributed by atoms with Gasteiger partial charge in [-0.25, -0.2) is 18.1 Å². The highest BCUT2D eigenvalue weighted by molar-refractivity contribution is 7.52. The van der Waals surface area contributed by atoms with Gasteiger partial charge in [0.05, 0.1) is 18.4 Å². The van der Waals surface area contributed by atoms with Crippen molar-refractivity contribution in [3.05, 3.63) is 52.8 Å². The molecule has 1 aromatic heterocycles. The second kappa shape index (κ2) is 12.1. The fourth-order valence-corrected chi connectivity index (χ4v) is 5.51. The van der Waals surface area contributed by atoms with Gasteiger partial charge in [0, 0.05) is 0 Å². The number of carbonyl (C=O) groups excluding carboxylic acids is 1. The quantitative estimate of drug-likeness (QED) is 0.223. The first kappa shape index (κ1) is 30.6. The number of aromatic nitrogens is 2. The number of halogens is 2. The Labute approximate surface area is 222 Å². The van der Waals surface area contributed by atoms with Crippen molar-refractivity contribution in [2.24, 2.45) is 0 Å². The van der Waals surface area contributed by atoms with E-state index in [4.69, 9.17) is 24.3 Å². The van der Waals surface area contributed by atoms with Crippen LogP contribution in [-0.2, 0) is 23.4 Å². The Balaban J connectivity index is 1.91. The lowest BCUT2D eigenvalue weighted by molar-refractivity contribution is -0.149. The van der Waals surface area contributed by atoms with E-state index in [0.717, 1.165) is 0 Å². The number of nitrogens with two attached hydrogens (primary N) is 1. The molecular formula is C23H31F2N4O9P. The first-order chi connectivity index (χ1) is 18.2. The van der Waals surface area contributed by atoms with Crippen LogP contribution in [0.2, 0.25) is 0 Å². The van der Waals surface area contributed by atoms with E-state index in [2.05, 4.69) is 10.1 Å². The molecule has 1 aliphatic rings. The lowest BCUT2D eigenvalue weighted by atomic mass is 9.93. The molecule has 13 nitrogen and oxygen atoms in total. The molecule has 3 rings (SSSR count). The zero-order valence-corrected chi connectivity index (χ0v) is 22.5. The number of benzene rings is 1. The minimum Gasteiger partial charge on any atom is -0.462 e. The van der Waals surface area contributed by atoms with Crippen LogP contribution in [-0.4, -0.2) is 68.5 Å². The number of ether oxygens (including phenoxy) is 2. The highest BCUT2D eigenvalue weighted by atomic mass is 31.2. The molecule has 7 atom stereocenters. The minimum atomic E-state index is -4.47. The molecule has 1 aliphatic heterocycles. The number of aliphatic hydroxyl groups excluding tert-OH is 1. The van der Waals surface area contributed by atoms with Gasteiger partial charge in [-0.3, -0.25) is 13.9 Å². The van der Waals surface area contributed by atoms with Gasteiger partial charge < -0.3 is 29.9 Å². The molecule has 39 heavy (non-hydrogen) atoms. The molecule has 2 heterocycles. The van der Waals surface area contributed by atoms with Crippen LogP contribution in [0.3, 0.4) is 0 Å². The van der Waals surface area contributed by atoms with Crippen LogP contribution in [0.5, 0.6) is 5.75 Å². The fourth-order valence-electron chi connectivity index (χ4n) is 3.82. The Morgan fingerprint density at radius 2 is 1.95 bits per heavy atom. The van der Waals surface area contributed by atoms with Crippen LogP contribution >= 0.6 is 7.75 Å². The van der Waals surface area contributed by atoms with Gasteiger partial charge in [0.15, 0.2) is 23.5 Å². The lowest BCUT2D eigenvalue weighted by Gasteiger charge is -2.30. The molecule has 5 N–H and O–H groups in total. The van der Waals surface area contributed by atoms with E-state index in [1.165, 1.54) is 26.0 Å². The topological polar surface area (TPSA) is 184 Å². The Bertz CT molecular complexity index is 1270. The number of nitrogens with one attached hydrogen (secondary N) is 1. The zero-order chi connectivity index (χ0) is 29.1. The van der Waals surface area contributed by atoms with E-state index in [9.17, 15) is 33.1 Å². The molecule has 2 aromatic rings. The van der Waals surface area contributed by atoms with E-state index < -0.39 is 80.0 Å². The van der Waals surface area contributed by atoms with Crippen molar-refractivity contribution in [2.75, 3.05) is 12.4 Å². The summed E-state index contributed by atoms with van der Waals surface area (Å²) in [4.78, 5) is 27.9. The number of hydrogen-bond donors (Lipinski definition) is 4. The molecule has 16 heteroatoms. The summed E-state index contributed by atoms with van der Waals surface area (Å²) in [5.41, 5.74) is 1.33. The van der Waals surface area contributed by atoms with Gasteiger partial charge in [0.2, 0.25) is 0 Å². The Morgan fingerprint density at radius 3 is 2.54 bits per heavy atom. The smallest absolute Gasteiger partial charge is 0.459 e. The summed E-state index contributed by atoms with van der Waals surface area (Å²) >= 11 is 0. The van der Waals surface area contributed by atoms with Crippen molar-refractivity contribution in [3.63, 3.8) is 0 Å². The van der Waals surface area contributed by atoms with Gasteiger partial charge in [-0.2, -0.15) is 10.1 Å². The normalized spacial score (nSPS) is 26.1. The standard InChI is InChI=1S/C23H31F2N4O9P/c1-12(2)35-20(31)13(3)28-39(34,38-15-8-6-5-7-9-15)37-14(4)17-18(30)23(33,11-24)21(36-17)29-10-16(25)19(26)27-22(29)32/h5-10,12-14,17-18,21,30,33H,11H2,1-4H3,(H,28,34)(H2,26,27,32)/t13-,14+,17+,18?,21+,23+,39-/m0/s1. The van der Waals surface area contributed by atoms with Gasteiger partial charge in [0.25, 0.3) is 0 Å². The van der Waals surface area contributed by atoms with E-state index in [1.54, 1.807) is 32.0 Å². The van der Waals surface area contributed by atoms with Crippen molar-refractivity contribution in [1.29, 1.82) is 0 Å². The molecule has 0 saturated carbocycles. The van der Waals surface area contributed by atoms with Crippen LogP contribution in [0, 0.1) is 5.82 Å². The third-order valence-corrected chi connectivity index (χ3v) is 7.50. The maximum atomic E-state index is 14.1. The summed E-state index contributed by atoms with van der Waals surface area (Å²) in [6.07, 6.45) is -7.01. The number of nitrogen functional groups attached to an aromatic ring is 1. The lowest BCUT2D eigenvalue weighted by Crippen LogP contribution is -2.51. The Hall–Kier alpha value is -2.94. The van der Waals surface area contributed by atoms with Crippen molar-refractivity contribution in [2.45, 2.75) is 70.0 Å². The van der Waals surface area contributed by atoms with Crippen LogP contribution < -0.4 is 21.0 Å². The van der Waals surface area contributed by atoms with Gasteiger partial charge in [-0.1, -0.05) is 18.2 Å². The summed E-state index contributed by atoms with van der Waals surface area (Å²) in [6.45, 7) is 4.23. The number of para-hydroxylation sites is 1. The molecule has 1 fully saturated rings. The van der Waals surface area contributed by atoms with Gasteiger partial charge in [-0.05, 0) is 39.8 Å². The van der Waals surface area contributed by atoms with E-state index in [0.29, 0.717) is 10.8 Å². The summed E-state index contributed by atoms with van der Waals surface area (Å²) in [6, 6.07) is 6.59. The summed E-state index contributed by atoms with van der Waals surface area (Å²) in [5.74, 6) is -2.57. The van der Waals surface area contributed by atoms with Gasteiger partial charge in [0.1, 0.15) is 30.7 Å². The maximum absolute atomic E-state index is 14.1. The van der Waals surface area contributed by atoms with Crippen LogP contribution in [0.25, 0.3) is 0 Å². The van der Waals surface area contributed by atoms with Crippen molar-refractivity contribution >= 4 is 19.5 Å². The second-order valence-corrected chi connectivity index (χ2v) is 10.9. The minimum absolute atomic E-state index is 0.0889. The number of hydrogen-bond acceptors (Lipinski definition) is 11. The number of nitrogens with zero attached hydrogens (tertiary/aromatic N) is 2. The molecule has 0 aliphatic carbocycles.